The predicted molar refractivity (Wildman–Crippen MR) is 66.5 cm³/mol. The Balaban J connectivity index is 0.00000112. The van der Waals surface area contributed by atoms with Crippen molar-refractivity contribution >= 4 is 30.1 Å². The number of likely N-dealkylation sites (tertiary alicyclic amines) is 1. The normalized spacial score (nSPS) is 35.3. The molecule has 3 unspecified atom stereocenters. The summed E-state index contributed by atoms with van der Waals surface area (Å²) in [6, 6.07) is 0.502. The van der Waals surface area contributed by atoms with Gasteiger partial charge in [-0.3, -0.25) is 10.1 Å². The number of halogens is 1. The second-order valence-electron chi connectivity index (χ2n) is 4.31. The first-order chi connectivity index (χ1) is 6.70. The Morgan fingerprint density at radius 3 is 2.67 bits per heavy atom. The molecule has 5 heteroatoms. The van der Waals surface area contributed by atoms with Crippen LogP contribution in [0.4, 0.5) is 0 Å². The summed E-state index contributed by atoms with van der Waals surface area (Å²) in [7, 11) is 0. The summed E-state index contributed by atoms with van der Waals surface area (Å²) >= 11 is 1.81. The molecule has 0 saturated carbocycles. The lowest BCUT2D eigenvalue weighted by Gasteiger charge is -2.26. The Bertz CT molecular complexity index is 233. The minimum atomic E-state index is 0. The van der Waals surface area contributed by atoms with E-state index < -0.39 is 0 Å². The highest BCUT2D eigenvalue weighted by Crippen LogP contribution is 2.25. The summed E-state index contributed by atoms with van der Waals surface area (Å²) in [5, 5.41) is 3.24. The topological polar surface area (TPSA) is 32.3 Å². The number of thioether (sulfide) groups is 1. The molecular weight excluding hydrogens is 232 g/mol. The molecule has 2 saturated heterocycles. The molecule has 0 aliphatic carbocycles. The van der Waals surface area contributed by atoms with Crippen molar-refractivity contribution in [2.75, 3.05) is 18.2 Å². The summed E-state index contributed by atoms with van der Waals surface area (Å²) in [6.07, 6.45) is 1.16. The highest BCUT2D eigenvalue weighted by atomic mass is 35.5. The molecule has 0 aromatic heterocycles. The van der Waals surface area contributed by atoms with Crippen LogP contribution in [0.1, 0.15) is 20.3 Å². The first-order valence-electron chi connectivity index (χ1n) is 5.31. The molecule has 2 heterocycles. The van der Waals surface area contributed by atoms with Gasteiger partial charge < -0.3 is 4.90 Å². The number of hydrogen-bond acceptors (Lipinski definition) is 3. The molecule has 0 radical (unpaired) electrons. The third kappa shape index (κ3) is 2.60. The molecule has 0 aromatic rings. The monoisotopic (exact) mass is 250 g/mol. The van der Waals surface area contributed by atoms with Crippen LogP contribution in [0.2, 0.25) is 0 Å². The molecule has 15 heavy (non-hydrogen) atoms. The van der Waals surface area contributed by atoms with Gasteiger partial charge in [0.15, 0.2) is 0 Å². The van der Waals surface area contributed by atoms with Crippen LogP contribution < -0.4 is 5.32 Å². The lowest BCUT2D eigenvalue weighted by molar-refractivity contribution is -0.133. The number of hydrogen-bond donors (Lipinski definition) is 1. The average Bonchev–Trinajstić information content (AvgIpc) is 2.77. The lowest BCUT2D eigenvalue weighted by atomic mass is 10.1. The number of rotatable bonds is 1. The average molecular weight is 251 g/mol. The third-order valence-corrected chi connectivity index (χ3v) is 4.38. The van der Waals surface area contributed by atoms with Crippen LogP contribution in [0, 0.1) is 5.92 Å². The van der Waals surface area contributed by atoms with Gasteiger partial charge in [0.05, 0.1) is 6.04 Å². The predicted octanol–water partition coefficient (Wildman–Crippen LogP) is 1.33. The number of nitrogens with zero attached hydrogens (tertiary/aromatic N) is 1. The minimum absolute atomic E-state index is 0. The van der Waals surface area contributed by atoms with Crippen LogP contribution in [0.25, 0.3) is 0 Å². The van der Waals surface area contributed by atoms with Crippen molar-refractivity contribution in [2.24, 2.45) is 5.92 Å². The Hall–Kier alpha value is 0.0700. The maximum atomic E-state index is 12.1. The fraction of sp³-hybridized carbons (Fsp3) is 0.900. The molecule has 2 aliphatic rings. The summed E-state index contributed by atoms with van der Waals surface area (Å²) in [6.45, 7) is 5.34. The maximum Gasteiger partial charge on any atom is 0.240 e. The molecule has 3 atom stereocenters. The summed E-state index contributed by atoms with van der Waals surface area (Å²) in [5.41, 5.74) is 0. The van der Waals surface area contributed by atoms with Crippen LogP contribution >= 0.6 is 24.2 Å². The fourth-order valence-electron chi connectivity index (χ4n) is 2.16. The molecule has 88 valence electrons. The first-order valence-corrected chi connectivity index (χ1v) is 6.47. The fourth-order valence-corrected chi connectivity index (χ4v) is 3.09. The number of carbonyl (C=O) groups is 1. The van der Waals surface area contributed by atoms with Crippen molar-refractivity contribution in [2.45, 2.75) is 32.4 Å². The molecule has 1 N–H and O–H groups in total. The molecule has 1 amide bonds. The zero-order valence-corrected chi connectivity index (χ0v) is 10.9. The van der Waals surface area contributed by atoms with Crippen LogP contribution in [0.5, 0.6) is 0 Å². The van der Waals surface area contributed by atoms with Gasteiger partial charge in [-0.1, -0.05) is 6.92 Å². The zero-order chi connectivity index (χ0) is 10.1. The second kappa shape index (κ2) is 5.41. The quantitative estimate of drug-likeness (QED) is 0.762. The van der Waals surface area contributed by atoms with Gasteiger partial charge in [0.1, 0.15) is 0 Å². The SMILES string of the molecule is CC1CCN(C(=O)C2CSCN2)C1C.Cl. The molecule has 2 rings (SSSR count). The van der Waals surface area contributed by atoms with Crippen molar-refractivity contribution < 1.29 is 4.79 Å². The molecule has 0 bridgehead atoms. The number of amides is 1. The number of nitrogens with one attached hydrogen (secondary N) is 1. The minimum Gasteiger partial charge on any atom is -0.338 e. The van der Waals surface area contributed by atoms with E-state index in [0.717, 1.165) is 24.6 Å². The van der Waals surface area contributed by atoms with Crippen molar-refractivity contribution in [3.8, 4) is 0 Å². The summed E-state index contributed by atoms with van der Waals surface area (Å²) < 4.78 is 0. The molecule has 2 fully saturated rings. The van der Waals surface area contributed by atoms with E-state index >= 15 is 0 Å². The second-order valence-corrected chi connectivity index (χ2v) is 5.34. The van der Waals surface area contributed by atoms with Gasteiger partial charge in [-0.25, -0.2) is 0 Å². The Labute approximate surface area is 102 Å². The van der Waals surface area contributed by atoms with Crippen molar-refractivity contribution in [1.29, 1.82) is 0 Å². The third-order valence-electron chi connectivity index (χ3n) is 3.44. The van der Waals surface area contributed by atoms with Gasteiger partial charge in [-0.05, 0) is 19.3 Å². The van der Waals surface area contributed by atoms with E-state index in [-0.39, 0.29) is 18.4 Å². The number of carbonyl (C=O) groups excluding carboxylic acids is 1. The largest absolute Gasteiger partial charge is 0.338 e. The Morgan fingerprint density at radius 1 is 1.47 bits per heavy atom. The van der Waals surface area contributed by atoms with Crippen LogP contribution in [0.15, 0.2) is 0 Å². The van der Waals surface area contributed by atoms with E-state index in [9.17, 15) is 4.79 Å². The molecule has 2 aliphatic heterocycles. The van der Waals surface area contributed by atoms with Gasteiger partial charge in [0.2, 0.25) is 5.91 Å². The van der Waals surface area contributed by atoms with Gasteiger partial charge >= 0.3 is 0 Å². The van der Waals surface area contributed by atoms with Gasteiger partial charge in [0.25, 0.3) is 0 Å². The van der Waals surface area contributed by atoms with Crippen LogP contribution in [-0.2, 0) is 4.79 Å². The standard InChI is InChI=1S/C10H18N2OS.ClH/c1-7-3-4-12(8(7)2)10(13)9-5-14-6-11-9;/h7-9,11H,3-6H2,1-2H3;1H. The Kier molecular flexibility index (Phi) is 4.74. The molecule has 0 spiro atoms. The van der Waals surface area contributed by atoms with Crippen LogP contribution in [0.3, 0.4) is 0 Å². The van der Waals surface area contributed by atoms with Gasteiger partial charge in [0, 0.05) is 24.2 Å². The van der Waals surface area contributed by atoms with Crippen molar-refractivity contribution in [1.82, 2.24) is 10.2 Å². The smallest absolute Gasteiger partial charge is 0.240 e. The maximum absolute atomic E-state index is 12.1. The van der Waals surface area contributed by atoms with E-state index in [2.05, 4.69) is 19.2 Å². The van der Waals surface area contributed by atoms with E-state index in [0.29, 0.717) is 17.9 Å². The molecule has 3 nitrogen and oxygen atoms in total. The van der Waals surface area contributed by atoms with Gasteiger partial charge in [-0.15, -0.1) is 24.2 Å². The van der Waals surface area contributed by atoms with E-state index in [1.165, 1.54) is 0 Å². The zero-order valence-electron chi connectivity index (χ0n) is 9.23. The van der Waals surface area contributed by atoms with E-state index in [1.54, 1.807) is 0 Å². The van der Waals surface area contributed by atoms with Crippen molar-refractivity contribution in [3.05, 3.63) is 0 Å². The molecule has 0 aromatic carbocycles. The Morgan fingerprint density at radius 2 is 2.20 bits per heavy atom. The van der Waals surface area contributed by atoms with E-state index in [4.69, 9.17) is 0 Å². The van der Waals surface area contributed by atoms with E-state index in [1.807, 2.05) is 16.7 Å². The van der Waals surface area contributed by atoms with Crippen LogP contribution in [-0.4, -0.2) is 41.1 Å². The molecular formula is C10H19ClN2OS. The van der Waals surface area contributed by atoms with Gasteiger partial charge in [-0.2, -0.15) is 0 Å². The lowest BCUT2D eigenvalue weighted by Crippen LogP contribution is -2.46. The highest BCUT2D eigenvalue weighted by molar-refractivity contribution is 7.99. The summed E-state index contributed by atoms with van der Waals surface area (Å²) in [4.78, 5) is 14.1. The first kappa shape index (κ1) is 13.1. The summed E-state index contributed by atoms with van der Waals surface area (Å²) in [5.74, 6) is 2.84. The highest BCUT2D eigenvalue weighted by Gasteiger charge is 2.35. The van der Waals surface area contributed by atoms with Crippen molar-refractivity contribution in [3.63, 3.8) is 0 Å².